The summed E-state index contributed by atoms with van der Waals surface area (Å²) in [6.07, 6.45) is 0. The first kappa shape index (κ1) is 13.0. The number of pyridine rings is 1. The average Bonchev–Trinajstić information content (AvgIpc) is 2.24. The Balaban J connectivity index is 3.02. The number of anilines is 1. The summed E-state index contributed by atoms with van der Waals surface area (Å²) in [7, 11) is 0. The van der Waals surface area contributed by atoms with Crippen LogP contribution in [0.25, 0.3) is 0 Å². The molecule has 0 aliphatic heterocycles. The third-order valence-electron chi connectivity index (χ3n) is 2.35. The Hall–Kier alpha value is -2.11. The highest BCUT2D eigenvalue weighted by molar-refractivity contribution is 5.89. The van der Waals surface area contributed by atoms with Crippen LogP contribution in [0.15, 0.2) is 12.1 Å². The van der Waals surface area contributed by atoms with Crippen LogP contribution in [-0.2, 0) is 4.79 Å². The van der Waals surface area contributed by atoms with Crippen molar-refractivity contribution in [2.45, 2.75) is 13.8 Å². The van der Waals surface area contributed by atoms with Gasteiger partial charge in [-0.25, -0.2) is 9.78 Å². The molecule has 17 heavy (non-hydrogen) atoms. The van der Waals surface area contributed by atoms with Crippen LogP contribution in [0.3, 0.4) is 0 Å². The minimum absolute atomic E-state index is 0.0648. The van der Waals surface area contributed by atoms with E-state index < -0.39 is 11.9 Å². The van der Waals surface area contributed by atoms with E-state index in [1.807, 2.05) is 6.92 Å². The third-order valence-corrected chi connectivity index (χ3v) is 2.35. The van der Waals surface area contributed by atoms with Crippen LogP contribution < -0.4 is 10.6 Å². The standard InChI is InChI=1S/C11H15N3O3/c1-3-14(6-9(12)15)10-5-4-8(11(16)17)7(2)13-10/h4-5H,3,6H2,1-2H3,(H2,12,15)(H,16,17). The number of nitrogens with zero attached hydrogens (tertiary/aromatic N) is 2. The summed E-state index contributed by atoms with van der Waals surface area (Å²) in [4.78, 5) is 27.5. The maximum atomic E-state index is 10.9. The van der Waals surface area contributed by atoms with Crippen molar-refractivity contribution >= 4 is 17.7 Å². The van der Waals surface area contributed by atoms with Gasteiger partial charge in [0.1, 0.15) is 5.82 Å². The molecule has 0 spiro atoms. The number of primary amides is 1. The summed E-state index contributed by atoms with van der Waals surface area (Å²) in [5.41, 5.74) is 5.69. The van der Waals surface area contributed by atoms with Crippen LogP contribution in [0.1, 0.15) is 23.0 Å². The SMILES string of the molecule is CCN(CC(N)=O)c1ccc(C(=O)O)c(C)n1. The van der Waals surface area contributed by atoms with Crippen molar-refractivity contribution in [3.8, 4) is 0 Å². The van der Waals surface area contributed by atoms with Crippen molar-refractivity contribution in [1.29, 1.82) is 0 Å². The third kappa shape index (κ3) is 3.17. The molecule has 6 heteroatoms. The molecule has 1 rings (SSSR count). The highest BCUT2D eigenvalue weighted by Crippen LogP contribution is 2.14. The quantitative estimate of drug-likeness (QED) is 0.772. The molecule has 0 aromatic carbocycles. The summed E-state index contributed by atoms with van der Waals surface area (Å²) in [6, 6.07) is 3.05. The van der Waals surface area contributed by atoms with E-state index in [9.17, 15) is 9.59 Å². The van der Waals surface area contributed by atoms with Gasteiger partial charge in [0.05, 0.1) is 17.8 Å². The number of carbonyl (C=O) groups is 2. The minimum Gasteiger partial charge on any atom is -0.478 e. The fourth-order valence-corrected chi connectivity index (χ4v) is 1.49. The molecule has 0 atom stereocenters. The molecular weight excluding hydrogens is 222 g/mol. The van der Waals surface area contributed by atoms with Gasteiger partial charge < -0.3 is 15.7 Å². The van der Waals surface area contributed by atoms with Crippen molar-refractivity contribution in [1.82, 2.24) is 4.98 Å². The highest BCUT2D eigenvalue weighted by atomic mass is 16.4. The number of nitrogens with two attached hydrogens (primary N) is 1. The van der Waals surface area contributed by atoms with Crippen molar-refractivity contribution in [3.05, 3.63) is 23.4 Å². The highest BCUT2D eigenvalue weighted by Gasteiger charge is 2.13. The Morgan fingerprint density at radius 1 is 1.47 bits per heavy atom. The van der Waals surface area contributed by atoms with Gasteiger partial charge in [0.15, 0.2) is 0 Å². The van der Waals surface area contributed by atoms with Crippen LogP contribution in [0, 0.1) is 6.92 Å². The van der Waals surface area contributed by atoms with Crippen molar-refractivity contribution in [3.63, 3.8) is 0 Å². The Morgan fingerprint density at radius 3 is 2.53 bits per heavy atom. The number of likely N-dealkylation sites (N-methyl/N-ethyl adjacent to an activating group) is 1. The zero-order valence-corrected chi connectivity index (χ0v) is 9.80. The molecule has 0 saturated carbocycles. The first-order valence-corrected chi connectivity index (χ1v) is 5.20. The number of rotatable bonds is 5. The summed E-state index contributed by atoms with van der Waals surface area (Å²) in [6.45, 7) is 4.12. The molecule has 1 amide bonds. The lowest BCUT2D eigenvalue weighted by molar-refractivity contribution is -0.116. The van der Waals surface area contributed by atoms with Gasteiger partial charge in [-0.1, -0.05) is 0 Å². The summed E-state index contributed by atoms with van der Waals surface area (Å²) in [5, 5.41) is 8.87. The molecule has 0 saturated heterocycles. The van der Waals surface area contributed by atoms with Gasteiger partial charge in [-0.05, 0) is 26.0 Å². The minimum atomic E-state index is -1.01. The van der Waals surface area contributed by atoms with Crippen LogP contribution in [0.5, 0.6) is 0 Å². The topological polar surface area (TPSA) is 96.5 Å². The van der Waals surface area contributed by atoms with Crippen LogP contribution in [-0.4, -0.2) is 35.1 Å². The largest absolute Gasteiger partial charge is 0.478 e. The Kier molecular flexibility index (Phi) is 4.03. The fraction of sp³-hybridized carbons (Fsp3) is 0.364. The molecule has 92 valence electrons. The predicted molar refractivity (Wildman–Crippen MR) is 63.0 cm³/mol. The maximum absolute atomic E-state index is 10.9. The van der Waals surface area contributed by atoms with Crippen molar-refractivity contribution in [2.24, 2.45) is 5.73 Å². The molecule has 1 aromatic heterocycles. The molecule has 0 unspecified atom stereocenters. The van der Waals surface area contributed by atoms with Gasteiger partial charge in [-0.3, -0.25) is 4.79 Å². The van der Waals surface area contributed by atoms with E-state index in [0.717, 1.165) is 0 Å². The van der Waals surface area contributed by atoms with Gasteiger partial charge in [-0.2, -0.15) is 0 Å². The second kappa shape index (κ2) is 5.29. The maximum Gasteiger partial charge on any atom is 0.337 e. The summed E-state index contributed by atoms with van der Waals surface area (Å²) >= 11 is 0. The van der Waals surface area contributed by atoms with E-state index >= 15 is 0 Å². The van der Waals surface area contributed by atoms with E-state index in [4.69, 9.17) is 10.8 Å². The second-order valence-electron chi connectivity index (χ2n) is 3.59. The predicted octanol–water partition coefficient (Wildman–Crippen LogP) is 0.400. The van der Waals surface area contributed by atoms with E-state index in [1.54, 1.807) is 17.9 Å². The molecule has 0 aliphatic carbocycles. The molecule has 6 nitrogen and oxygen atoms in total. The van der Waals surface area contributed by atoms with Crippen molar-refractivity contribution in [2.75, 3.05) is 18.0 Å². The number of hydrogen-bond donors (Lipinski definition) is 2. The van der Waals surface area contributed by atoms with E-state index in [1.165, 1.54) is 6.07 Å². The lowest BCUT2D eigenvalue weighted by Gasteiger charge is -2.20. The van der Waals surface area contributed by atoms with E-state index in [2.05, 4.69) is 4.98 Å². The molecule has 0 bridgehead atoms. The Bertz CT molecular complexity index is 446. The lowest BCUT2D eigenvalue weighted by Crippen LogP contribution is -2.34. The molecule has 0 aliphatic rings. The Morgan fingerprint density at radius 2 is 2.12 bits per heavy atom. The van der Waals surface area contributed by atoms with Crippen LogP contribution >= 0.6 is 0 Å². The molecule has 1 aromatic rings. The summed E-state index contributed by atoms with van der Waals surface area (Å²) < 4.78 is 0. The number of carboxylic acids is 1. The normalized spacial score (nSPS) is 10.0. The lowest BCUT2D eigenvalue weighted by atomic mass is 10.2. The molecule has 3 N–H and O–H groups in total. The first-order chi connectivity index (χ1) is 7.95. The number of hydrogen-bond acceptors (Lipinski definition) is 4. The van der Waals surface area contributed by atoms with Crippen LogP contribution in [0.4, 0.5) is 5.82 Å². The molecular formula is C11H15N3O3. The number of aromatic carboxylic acids is 1. The molecule has 0 radical (unpaired) electrons. The number of carboxylic acid groups (broad SMARTS) is 1. The Labute approximate surface area is 99.1 Å². The second-order valence-corrected chi connectivity index (χ2v) is 3.59. The zero-order valence-electron chi connectivity index (χ0n) is 9.80. The van der Waals surface area contributed by atoms with Gasteiger partial charge in [0.25, 0.3) is 0 Å². The molecule has 1 heterocycles. The monoisotopic (exact) mass is 237 g/mol. The van der Waals surface area contributed by atoms with Gasteiger partial charge in [0.2, 0.25) is 5.91 Å². The first-order valence-electron chi connectivity index (χ1n) is 5.20. The number of carbonyl (C=O) groups excluding carboxylic acids is 1. The van der Waals surface area contributed by atoms with Crippen molar-refractivity contribution < 1.29 is 14.7 Å². The van der Waals surface area contributed by atoms with E-state index in [-0.39, 0.29) is 12.1 Å². The molecule has 0 fully saturated rings. The number of amides is 1. The number of aromatic nitrogens is 1. The van der Waals surface area contributed by atoms with E-state index in [0.29, 0.717) is 18.1 Å². The zero-order chi connectivity index (χ0) is 13.0. The average molecular weight is 237 g/mol. The van der Waals surface area contributed by atoms with Crippen LogP contribution in [0.2, 0.25) is 0 Å². The fourth-order valence-electron chi connectivity index (χ4n) is 1.49. The van der Waals surface area contributed by atoms with Gasteiger partial charge in [-0.15, -0.1) is 0 Å². The van der Waals surface area contributed by atoms with Gasteiger partial charge >= 0.3 is 5.97 Å². The number of aryl methyl sites for hydroxylation is 1. The summed E-state index contributed by atoms with van der Waals surface area (Å²) in [5.74, 6) is -0.915. The van der Waals surface area contributed by atoms with Gasteiger partial charge in [0, 0.05) is 6.54 Å². The smallest absolute Gasteiger partial charge is 0.337 e.